The highest BCUT2D eigenvalue weighted by Crippen LogP contribution is 2.50. The number of benzene rings is 1. The molecule has 1 aromatic carbocycles. The highest BCUT2D eigenvalue weighted by Gasteiger charge is 2.53. The Bertz CT molecular complexity index is 449. The van der Waals surface area contributed by atoms with Gasteiger partial charge < -0.3 is 15.4 Å². The van der Waals surface area contributed by atoms with Crippen molar-refractivity contribution in [1.29, 1.82) is 0 Å². The normalized spacial score (nSPS) is 28.1. The lowest BCUT2D eigenvalue weighted by atomic mass is 10.1. The number of rotatable bonds is 4. The van der Waals surface area contributed by atoms with Crippen LogP contribution >= 0.6 is 0 Å². The van der Waals surface area contributed by atoms with E-state index in [-0.39, 0.29) is 6.09 Å². The number of carbonyl (C=O) groups excluding carboxylic acids is 1. The first-order valence-electron chi connectivity index (χ1n) is 6.97. The van der Waals surface area contributed by atoms with Gasteiger partial charge in [0.25, 0.3) is 0 Å². The smallest absolute Gasteiger partial charge is 0.410 e. The van der Waals surface area contributed by atoms with Gasteiger partial charge in [0.15, 0.2) is 0 Å². The molecular weight excluding hydrogens is 240 g/mol. The number of likely N-dealkylation sites (tertiary alicyclic amines) is 1. The summed E-state index contributed by atoms with van der Waals surface area (Å²) in [6.45, 7) is 1.83. The van der Waals surface area contributed by atoms with Gasteiger partial charge in [0.2, 0.25) is 0 Å². The van der Waals surface area contributed by atoms with E-state index in [0.29, 0.717) is 31.0 Å². The van der Waals surface area contributed by atoms with Gasteiger partial charge in [-0.3, -0.25) is 0 Å². The van der Waals surface area contributed by atoms with Crippen LogP contribution in [0.1, 0.15) is 18.4 Å². The third-order valence-corrected chi connectivity index (χ3v) is 4.21. The van der Waals surface area contributed by atoms with Crippen molar-refractivity contribution in [3.8, 4) is 0 Å². The zero-order valence-corrected chi connectivity index (χ0v) is 11.0. The second-order valence-corrected chi connectivity index (χ2v) is 5.50. The summed E-state index contributed by atoms with van der Waals surface area (Å²) in [5, 5.41) is 0. The zero-order valence-electron chi connectivity index (χ0n) is 11.0. The van der Waals surface area contributed by atoms with Gasteiger partial charge in [0.05, 0.1) is 0 Å². The predicted molar refractivity (Wildman–Crippen MR) is 72.4 cm³/mol. The van der Waals surface area contributed by atoms with E-state index in [9.17, 15) is 4.79 Å². The van der Waals surface area contributed by atoms with E-state index in [1.165, 1.54) is 6.42 Å². The van der Waals surface area contributed by atoms with Crippen molar-refractivity contribution >= 4 is 6.09 Å². The molecular formula is C15H20N2O2. The van der Waals surface area contributed by atoms with Crippen molar-refractivity contribution in [3.05, 3.63) is 35.9 Å². The lowest BCUT2D eigenvalue weighted by Crippen LogP contribution is -2.39. The maximum absolute atomic E-state index is 12.1. The summed E-state index contributed by atoms with van der Waals surface area (Å²) in [5.41, 5.74) is 6.66. The first-order valence-corrected chi connectivity index (χ1v) is 6.97. The van der Waals surface area contributed by atoms with Crippen molar-refractivity contribution in [3.63, 3.8) is 0 Å². The fourth-order valence-electron chi connectivity index (χ4n) is 3.12. The Balaban J connectivity index is 1.55. The molecule has 1 aliphatic carbocycles. The molecule has 0 radical (unpaired) electrons. The fourth-order valence-corrected chi connectivity index (χ4v) is 3.12. The summed E-state index contributed by atoms with van der Waals surface area (Å²) in [5.74, 6) is 1.37. The monoisotopic (exact) mass is 260 g/mol. The third kappa shape index (κ3) is 2.59. The number of nitrogens with two attached hydrogens (primary N) is 1. The minimum atomic E-state index is -0.186. The molecule has 2 fully saturated rings. The van der Waals surface area contributed by atoms with Crippen LogP contribution in [0.4, 0.5) is 4.79 Å². The number of carbonyl (C=O) groups is 1. The summed E-state index contributed by atoms with van der Waals surface area (Å²) in [6, 6.07) is 10.1. The second kappa shape index (κ2) is 5.21. The zero-order chi connectivity index (χ0) is 13.2. The largest absolute Gasteiger partial charge is 0.445 e. The van der Waals surface area contributed by atoms with Crippen molar-refractivity contribution in [2.75, 3.05) is 13.1 Å². The number of nitrogens with zero attached hydrogens (tertiary/aromatic N) is 1. The van der Waals surface area contributed by atoms with E-state index in [4.69, 9.17) is 10.5 Å². The molecule has 2 aliphatic rings. The summed E-state index contributed by atoms with van der Waals surface area (Å²) in [6.07, 6.45) is 1.96. The number of fused-ring (bicyclic) bond motifs is 1. The minimum Gasteiger partial charge on any atom is -0.445 e. The van der Waals surface area contributed by atoms with Crippen LogP contribution < -0.4 is 5.73 Å². The summed E-state index contributed by atoms with van der Waals surface area (Å²) in [7, 11) is 0. The number of piperidine rings is 1. The number of hydrogen-bond donors (Lipinski definition) is 1. The first-order chi connectivity index (χ1) is 9.29. The van der Waals surface area contributed by atoms with Crippen LogP contribution in [0.15, 0.2) is 30.3 Å². The Morgan fingerprint density at radius 1 is 1.37 bits per heavy atom. The molecule has 1 aliphatic heterocycles. The lowest BCUT2D eigenvalue weighted by molar-refractivity contribution is 0.0848. The number of ether oxygens (including phenoxy) is 1. The van der Waals surface area contributed by atoms with Crippen LogP contribution in [-0.2, 0) is 11.3 Å². The van der Waals surface area contributed by atoms with Crippen LogP contribution in [0, 0.1) is 11.8 Å². The first kappa shape index (κ1) is 12.5. The molecule has 2 N–H and O–H groups in total. The quantitative estimate of drug-likeness (QED) is 0.900. The van der Waals surface area contributed by atoms with Crippen LogP contribution in [0.3, 0.4) is 0 Å². The molecule has 3 unspecified atom stereocenters. The topological polar surface area (TPSA) is 55.6 Å². The van der Waals surface area contributed by atoms with Gasteiger partial charge in [-0.1, -0.05) is 30.3 Å². The summed E-state index contributed by atoms with van der Waals surface area (Å²) in [4.78, 5) is 14.0. The van der Waals surface area contributed by atoms with E-state index < -0.39 is 0 Å². The van der Waals surface area contributed by atoms with Crippen molar-refractivity contribution in [2.45, 2.75) is 25.5 Å². The van der Waals surface area contributed by atoms with Crippen LogP contribution in [0.2, 0.25) is 0 Å². The molecule has 1 saturated carbocycles. The van der Waals surface area contributed by atoms with Gasteiger partial charge in [-0.25, -0.2) is 4.79 Å². The highest BCUT2D eigenvalue weighted by atomic mass is 16.6. The van der Waals surface area contributed by atoms with E-state index in [0.717, 1.165) is 18.5 Å². The molecule has 4 nitrogen and oxygen atoms in total. The average molecular weight is 260 g/mol. The van der Waals surface area contributed by atoms with Gasteiger partial charge in [-0.2, -0.15) is 0 Å². The molecule has 3 atom stereocenters. The molecule has 0 aromatic heterocycles. The number of amides is 1. The molecule has 1 saturated heterocycles. The molecule has 0 bridgehead atoms. The van der Waals surface area contributed by atoms with Crippen molar-refractivity contribution in [2.24, 2.45) is 17.6 Å². The van der Waals surface area contributed by atoms with Gasteiger partial charge in [0, 0.05) is 12.6 Å². The standard InChI is InChI=1S/C15H20N2O2/c16-7-6-14-13-8-12(13)9-17(14)15(18)19-10-11-4-2-1-3-5-11/h1-5,12-14H,6-10,16H2. The molecule has 1 aromatic rings. The van der Waals surface area contributed by atoms with Gasteiger partial charge >= 0.3 is 6.09 Å². The number of hydrogen-bond acceptors (Lipinski definition) is 3. The van der Waals surface area contributed by atoms with Crippen LogP contribution in [0.5, 0.6) is 0 Å². The fraction of sp³-hybridized carbons (Fsp3) is 0.533. The Morgan fingerprint density at radius 2 is 2.16 bits per heavy atom. The molecule has 4 heteroatoms. The minimum absolute atomic E-state index is 0.186. The molecule has 1 heterocycles. The van der Waals surface area contributed by atoms with E-state index >= 15 is 0 Å². The Labute approximate surface area is 113 Å². The van der Waals surface area contributed by atoms with Gasteiger partial charge in [-0.15, -0.1) is 0 Å². The van der Waals surface area contributed by atoms with E-state index in [1.807, 2.05) is 35.2 Å². The Kier molecular flexibility index (Phi) is 3.42. The molecule has 3 rings (SSSR count). The summed E-state index contributed by atoms with van der Waals surface area (Å²) >= 11 is 0. The second-order valence-electron chi connectivity index (χ2n) is 5.50. The molecule has 102 valence electrons. The van der Waals surface area contributed by atoms with Crippen molar-refractivity contribution < 1.29 is 9.53 Å². The molecule has 0 spiro atoms. The SMILES string of the molecule is NCCC1C2CC2CN1C(=O)OCc1ccccc1. The van der Waals surface area contributed by atoms with Crippen LogP contribution in [0.25, 0.3) is 0 Å². The Morgan fingerprint density at radius 3 is 2.89 bits per heavy atom. The van der Waals surface area contributed by atoms with Crippen LogP contribution in [-0.4, -0.2) is 30.1 Å². The van der Waals surface area contributed by atoms with Gasteiger partial charge in [0.1, 0.15) is 6.61 Å². The Hall–Kier alpha value is -1.55. The molecule has 1 amide bonds. The van der Waals surface area contributed by atoms with Crippen molar-refractivity contribution in [1.82, 2.24) is 4.90 Å². The third-order valence-electron chi connectivity index (χ3n) is 4.21. The predicted octanol–water partition coefficient (Wildman–Crippen LogP) is 1.99. The highest BCUT2D eigenvalue weighted by molar-refractivity contribution is 5.69. The van der Waals surface area contributed by atoms with Gasteiger partial charge in [-0.05, 0) is 36.8 Å². The maximum Gasteiger partial charge on any atom is 0.410 e. The molecule has 19 heavy (non-hydrogen) atoms. The summed E-state index contributed by atoms with van der Waals surface area (Å²) < 4.78 is 5.40. The maximum atomic E-state index is 12.1. The van der Waals surface area contributed by atoms with E-state index in [1.54, 1.807) is 0 Å². The average Bonchev–Trinajstić information content (AvgIpc) is 3.13. The van der Waals surface area contributed by atoms with E-state index in [2.05, 4.69) is 0 Å². The lowest BCUT2D eigenvalue weighted by Gasteiger charge is -2.26.